The van der Waals surface area contributed by atoms with Gasteiger partial charge in [-0.25, -0.2) is 8.42 Å². The molecule has 0 heterocycles. The molecular weight excluding hydrogens is 232 g/mol. The molecule has 0 atom stereocenters. The molecule has 0 aliphatic rings. The quantitative estimate of drug-likeness (QED) is 0.671. The number of likely N-dealkylation sites (N-methyl/N-ethyl adjacent to an activating group) is 1. The minimum atomic E-state index is -3.50. The van der Waals surface area contributed by atoms with Gasteiger partial charge in [-0.05, 0) is 27.9 Å². The van der Waals surface area contributed by atoms with E-state index >= 15 is 0 Å². The maximum absolute atomic E-state index is 11.8. The van der Waals surface area contributed by atoms with Gasteiger partial charge in [0.1, 0.15) is 6.54 Å². The van der Waals surface area contributed by atoms with E-state index in [0.717, 1.165) is 4.31 Å². The summed E-state index contributed by atoms with van der Waals surface area (Å²) in [7, 11) is 0.109. The van der Waals surface area contributed by atoms with Crippen molar-refractivity contribution in [2.75, 3.05) is 33.7 Å². The third-order valence-electron chi connectivity index (χ3n) is 2.06. The standard InChI is InChI=1S/C9H20N2O4S/c1-8(2)16(14,15)11(7-9(12)13)6-5-10(3)4/h8H,5-7H2,1-4H3,(H,12,13). The zero-order valence-electron chi connectivity index (χ0n) is 10.2. The van der Waals surface area contributed by atoms with Crippen LogP contribution in [0.1, 0.15) is 13.8 Å². The van der Waals surface area contributed by atoms with Crippen molar-refractivity contribution in [1.82, 2.24) is 9.21 Å². The molecule has 96 valence electrons. The van der Waals surface area contributed by atoms with Crippen molar-refractivity contribution in [3.05, 3.63) is 0 Å². The first kappa shape index (κ1) is 15.3. The predicted molar refractivity (Wildman–Crippen MR) is 61.8 cm³/mol. The van der Waals surface area contributed by atoms with E-state index in [1.54, 1.807) is 27.9 Å². The summed E-state index contributed by atoms with van der Waals surface area (Å²) in [6.45, 7) is 3.30. The predicted octanol–water partition coefficient (Wildman–Crippen LogP) is -0.327. The topological polar surface area (TPSA) is 77.9 Å². The van der Waals surface area contributed by atoms with E-state index in [9.17, 15) is 13.2 Å². The molecule has 7 heteroatoms. The summed E-state index contributed by atoms with van der Waals surface area (Å²) < 4.78 is 24.7. The fraction of sp³-hybridized carbons (Fsp3) is 0.889. The molecule has 6 nitrogen and oxygen atoms in total. The fourth-order valence-electron chi connectivity index (χ4n) is 1.06. The van der Waals surface area contributed by atoms with Crippen LogP contribution in [0.4, 0.5) is 0 Å². The smallest absolute Gasteiger partial charge is 0.318 e. The van der Waals surface area contributed by atoms with Crippen molar-refractivity contribution in [3.8, 4) is 0 Å². The molecule has 0 bridgehead atoms. The SMILES string of the molecule is CC(C)S(=O)(=O)N(CCN(C)C)CC(=O)O. The van der Waals surface area contributed by atoms with Crippen LogP contribution in [0.3, 0.4) is 0 Å². The molecule has 0 amide bonds. The van der Waals surface area contributed by atoms with Gasteiger partial charge in [-0.1, -0.05) is 0 Å². The van der Waals surface area contributed by atoms with E-state index in [2.05, 4.69) is 0 Å². The molecule has 1 N–H and O–H groups in total. The Bertz CT molecular complexity index is 324. The van der Waals surface area contributed by atoms with Crippen molar-refractivity contribution < 1.29 is 18.3 Å². The molecule has 0 saturated heterocycles. The molecule has 0 aromatic rings. The lowest BCUT2D eigenvalue weighted by Gasteiger charge is -2.23. The number of nitrogens with zero attached hydrogens (tertiary/aromatic N) is 2. The second-order valence-electron chi connectivity index (χ2n) is 4.12. The van der Waals surface area contributed by atoms with Gasteiger partial charge in [0.2, 0.25) is 10.0 Å². The number of carbonyl (C=O) groups is 1. The third kappa shape index (κ3) is 4.91. The molecule has 0 aliphatic carbocycles. The molecule has 0 radical (unpaired) electrons. The number of hydrogen-bond acceptors (Lipinski definition) is 4. The van der Waals surface area contributed by atoms with Crippen LogP contribution in [0.2, 0.25) is 0 Å². The Labute approximate surface area is 96.9 Å². The highest BCUT2D eigenvalue weighted by molar-refractivity contribution is 7.89. The van der Waals surface area contributed by atoms with Gasteiger partial charge < -0.3 is 10.0 Å². The van der Waals surface area contributed by atoms with Gasteiger partial charge in [-0.2, -0.15) is 4.31 Å². The van der Waals surface area contributed by atoms with Gasteiger partial charge in [0.15, 0.2) is 0 Å². The highest BCUT2D eigenvalue weighted by atomic mass is 32.2. The van der Waals surface area contributed by atoms with Crippen molar-refractivity contribution in [2.45, 2.75) is 19.1 Å². The van der Waals surface area contributed by atoms with Crippen molar-refractivity contribution in [1.29, 1.82) is 0 Å². The normalized spacial score (nSPS) is 12.7. The largest absolute Gasteiger partial charge is 0.480 e. The van der Waals surface area contributed by atoms with Crippen molar-refractivity contribution >= 4 is 16.0 Å². The molecular formula is C9H20N2O4S. The van der Waals surface area contributed by atoms with Crippen molar-refractivity contribution in [2.24, 2.45) is 0 Å². The summed E-state index contributed by atoms with van der Waals surface area (Å²) in [5.74, 6) is -1.14. The Morgan fingerprint density at radius 2 is 1.75 bits per heavy atom. The summed E-state index contributed by atoms with van der Waals surface area (Å²) >= 11 is 0. The lowest BCUT2D eigenvalue weighted by atomic mass is 10.5. The molecule has 16 heavy (non-hydrogen) atoms. The number of aliphatic carboxylic acids is 1. The first-order valence-electron chi connectivity index (χ1n) is 5.03. The van der Waals surface area contributed by atoms with Gasteiger partial charge in [-0.15, -0.1) is 0 Å². The molecule has 0 fully saturated rings. The maximum atomic E-state index is 11.8. The third-order valence-corrected chi connectivity index (χ3v) is 4.29. The minimum Gasteiger partial charge on any atom is -0.480 e. The van der Waals surface area contributed by atoms with E-state index in [4.69, 9.17) is 5.11 Å². The summed E-state index contributed by atoms with van der Waals surface area (Å²) in [5.41, 5.74) is 0. The van der Waals surface area contributed by atoms with Crippen LogP contribution in [0.5, 0.6) is 0 Å². The Hall–Kier alpha value is -0.660. The van der Waals surface area contributed by atoms with E-state index in [1.165, 1.54) is 0 Å². The van der Waals surface area contributed by atoms with Gasteiger partial charge >= 0.3 is 5.97 Å². The average Bonchev–Trinajstić information content (AvgIpc) is 2.10. The first-order chi connectivity index (χ1) is 7.17. The van der Waals surface area contributed by atoms with Gasteiger partial charge in [-0.3, -0.25) is 4.79 Å². The molecule has 0 unspecified atom stereocenters. The summed E-state index contributed by atoms with van der Waals surface area (Å²) in [5, 5.41) is 8.07. The molecule has 0 saturated carbocycles. The van der Waals surface area contributed by atoms with E-state index in [1.807, 2.05) is 4.90 Å². The number of sulfonamides is 1. The molecule has 0 rings (SSSR count). The summed E-state index contributed by atoms with van der Waals surface area (Å²) in [6, 6.07) is 0. The van der Waals surface area contributed by atoms with Gasteiger partial charge in [0.05, 0.1) is 5.25 Å². The first-order valence-corrected chi connectivity index (χ1v) is 6.53. The van der Waals surface area contributed by atoms with Gasteiger partial charge in [0.25, 0.3) is 0 Å². The number of carboxylic acid groups (broad SMARTS) is 1. The Morgan fingerprint density at radius 3 is 2.06 bits per heavy atom. The lowest BCUT2D eigenvalue weighted by Crippen LogP contribution is -2.43. The summed E-state index contributed by atoms with van der Waals surface area (Å²) in [6.07, 6.45) is 0. The van der Waals surface area contributed by atoms with Crippen LogP contribution in [-0.4, -0.2) is 67.7 Å². The Morgan fingerprint density at radius 1 is 1.25 bits per heavy atom. The second kappa shape index (κ2) is 6.17. The molecule has 0 aromatic heterocycles. The fourth-order valence-corrected chi connectivity index (χ4v) is 2.28. The number of hydrogen-bond donors (Lipinski definition) is 1. The Balaban J connectivity index is 4.73. The highest BCUT2D eigenvalue weighted by Gasteiger charge is 2.27. The monoisotopic (exact) mass is 252 g/mol. The zero-order chi connectivity index (χ0) is 12.9. The Kier molecular flexibility index (Phi) is 5.91. The maximum Gasteiger partial charge on any atom is 0.318 e. The van der Waals surface area contributed by atoms with Crippen LogP contribution >= 0.6 is 0 Å². The summed E-state index contributed by atoms with van der Waals surface area (Å²) in [4.78, 5) is 12.4. The number of carboxylic acids is 1. The van der Waals surface area contributed by atoms with E-state index in [-0.39, 0.29) is 6.54 Å². The van der Waals surface area contributed by atoms with Crippen LogP contribution in [-0.2, 0) is 14.8 Å². The molecule has 0 aromatic carbocycles. The number of rotatable bonds is 7. The van der Waals surface area contributed by atoms with Gasteiger partial charge in [0, 0.05) is 13.1 Å². The molecule has 0 aliphatic heterocycles. The van der Waals surface area contributed by atoms with Crippen LogP contribution < -0.4 is 0 Å². The average molecular weight is 252 g/mol. The van der Waals surface area contributed by atoms with Crippen LogP contribution in [0.25, 0.3) is 0 Å². The van der Waals surface area contributed by atoms with Crippen LogP contribution in [0.15, 0.2) is 0 Å². The molecule has 0 spiro atoms. The van der Waals surface area contributed by atoms with Crippen molar-refractivity contribution in [3.63, 3.8) is 0 Å². The second-order valence-corrected chi connectivity index (χ2v) is 6.61. The minimum absolute atomic E-state index is 0.194. The zero-order valence-corrected chi connectivity index (χ0v) is 11.0. The lowest BCUT2D eigenvalue weighted by molar-refractivity contribution is -0.137. The van der Waals surface area contributed by atoms with E-state index in [0.29, 0.717) is 6.54 Å². The van der Waals surface area contributed by atoms with E-state index < -0.39 is 27.8 Å². The van der Waals surface area contributed by atoms with Crippen LogP contribution in [0, 0.1) is 0 Å². The highest BCUT2D eigenvalue weighted by Crippen LogP contribution is 2.08.